The predicted octanol–water partition coefficient (Wildman–Crippen LogP) is 3.55. The van der Waals surface area contributed by atoms with Crippen LogP contribution in [0.3, 0.4) is 0 Å². The number of aromatic nitrogens is 4. The number of halogens is 1. The molecule has 0 unspecified atom stereocenters. The minimum Gasteiger partial charge on any atom is -0.294 e. The molecule has 1 aromatic carbocycles. The van der Waals surface area contributed by atoms with E-state index in [0.29, 0.717) is 28.7 Å². The van der Waals surface area contributed by atoms with Crippen LogP contribution in [0.1, 0.15) is 51.6 Å². The van der Waals surface area contributed by atoms with E-state index >= 15 is 0 Å². The Hall–Kier alpha value is -2.87. The largest absolute Gasteiger partial charge is 0.332 e. The maximum absolute atomic E-state index is 13.5. The number of rotatable bonds is 6. The maximum atomic E-state index is 13.5. The molecule has 2 aromatic heterocycles. The zero-order valence-corrected chi connectivity index (χ0v) is 19.1. The Bertz CT molecular complexity index is 1270. The summed E-state index contributed by atoms with van der Waals surface area (Å²) in [7, 11) is 1.65. The number of fused-ring (bicyclic) bond motifs is 3. The molecule has 1 aliphatic heterocycles. The number of anilines is 1. The van der Waals surface area contributed by atoms with E-state index in [2.05, 4.69) is 6.92 Å². The summed E-state index contributed by atoms with van der Waals surface area (Å²) < 4.78 is 4.63. The van der Waals surface area contributed by atoms with Crippen LogP contribution in [0, 0.1) is 0 Å². The fraction of sp³-hybridized carbons (Fsp3) is 0.455. The lowest BCUT2D eigenvalue weighted by Gasteiger charge is -2.29. The number of aryl methyl sites for hydroxylation is 1. The van der Waals surface area contributed by atoms with Crippen molar-refractivity contribution in [2.45, 2.75) is 52.6 Å². The third-order valence-corrected chi connectivity index (χ3v) is 6.14. The zero-order chi connectivity index (χ0) is 22.3. The van der Waals surface area contributed by atoms with Gasteiger partial charge in [0, 0.05) is 18.6 Å². The van der Waals surface area contributed by atoms with Crippen LogP contribution in [-0.2, 0) is 13.6 Å². The van der Waals surface area contributed by atoms with Crippen molar-refractivity contribution in [1.29, 1.82) is 0 Å². The molecule has 8 nitrogen and oxygen atoms in total. The van der Waals surface area contributed by atoms with Gasteiger partial charge in [-0.05, 0) is 38.0 Å². The number of nitrogens with zero attached hydrogens (tertiary/aromatic N) is 6. The third kappa shape index (κ3) is 3.69. The van der Waals surface area contributed by atoms with Gasteiger partial charge < -0.3 is 0 Å². The number of hydrogen-bond donors (Lipinski definition) is 0. The second kappa shape index (κ2) is 8.34. The molecule has 0 fully saturated rings. The monoisotopic (exact) mass is 442 g/mol. The first-order chi connectivity index (χ1) is 14.8. The van der Waals surface area contributed by atoms with Crippen LogP contribution in [0.25, 0.3) is 11.2 Å². The lowest BCUT2D eigenvalue weighted by Crippen LogP contribution is -2.40. The van der Waals surface area contributed by atoms with E-state index < -0.39 is 5.69 Å². The Kier molecular flexibility index (Phi) is 5.75. The van der Waals surface area contributed by atoms with Crippen molar-refractivity contribution in [3.05, 3.63) is 55.7 Å². The van der Waals surface area contributed by atoms with E-state index in [1.54, 1.807) is 19.2 Å². The molecule has 1 atom stereocenters. The highest BCUT2D eigenvalue weighted by atomic mass is 35.5. The minimum atomic E-state index is -0.397. The Morgan fingerprint density at radius 3 is 2.52 bits per heavy atom. The van der Waals surface area contributed by atoms with Gasteiger partial charge in [-0.2, -0.15) is 10.1 Å². The first-order valence-corrected chi connectivity index (χ1v) is 11.0. The van der Waals surface area contributed by atoms with Crippen molar-refractivity contribution < 1.29 is 0 Å². The molecule has 4 rings (SSSR count). The second-order valence-electron chi connectivity index (χ2n) is 8.06. The van der Waals surface area contributed by atoms with E-state index in [1.165, 1.54) is 9.13 Å². The summed E-state index contributed by atoms with van der Waals surface area (Å²) >= 11 is 5.97. The molecular formula is C22H27ClN6O2. The van der Waals surface area contributed by atoms with Gasteiger partial charge in [0.15, 0.2) is 11.2 Å². The number of benzene rings is 1. The van der Waals surface area contributed by atoms with Gasteiger partial charge in [-0.25, -0.2) is 9.80 Å². The predicted molar refractivity (Wildman–Crippen MR) is 124 cm³/mol. The highest BCUT2D eigenvalue weighted by Crippen LogP contribution is 2.30. The molecule has 164 valence electrons. The van der Waals surface area contributed by atoms with Crippen molar-refractivity contribution in [1.82, 2.24) is 18.7 Å². The van der Waals surface area contributed by atoms with Gasteiger partial charge in [-0.15, -0.1) is 0 Å². The van der Waals surface area contributed by atoms with E-state index in [9.17, 15) is 9.59 Å². The standard InChI is InChI=1S/C22H27ClN6O2/c1-5-6-7-12-28-21-24-19-18(29(21)15(3)14(2)25-28)20(30)27(22(31)26(19)4)13-16-8-10-17(23)11-9-16/h8-11,15H,5-7,12-13H2,1-4H3/t15-/m1/s1. The first kappa shape index (κ1) is 21.4. The molecule has 31 heavy (non-hydrogen) atoms. The third-order valence-electron chi connectivity index (χ3n) is 5.89. The van der Waals surface area contributed by atoms with Crippen molar-refractivity contribution in [2.24, 2.45) is 12.1 Å². The summed E-state index contributed by atoms with van der Waals surface area (Å²) in [5, 5.41) is 7.18. The molecule has 0 N–H and O–H groups in total. The molecule has 0 radical (unpaired) electrons. The minimum absolute atomic E-state index is 0.128. The highest BCUT2D eigenvalue weighted by Gasteiger charge is 2.30. The maximum Gasteiger partial charge on any atom is 0.332 e. The molecule has 0 spiro atoms. The second-order valence-corrected chi connectivity index (χ2v) is 8.50. The summed E-state index contributed by atoms with van der Waals surface area (Å²) in [6.45, 7) is 7.00. The number of unbranched alkanes of at least 4 members (excludes halogenated alkanes) is 2. The topological polar surface area (TPSA) is 77.4 Å². The average Bonchev–Trinajstić information content (AvgIpc) is 3.16. The van der Waals surface area contributed by atoms with Crippen LogP contribution in [0.15, 0.2) is 39.0 Å². The van der Waals surface area contributed by atoms with E-state index in [4.69, 9.17) is 21.7 Å². The Balaban J connectivity index is 1.89. The Labute approximate surface area is 185 Å². The summed E-state index contributed by atoms with van der Waals surface area (Å²) in [5.74, 6) is 0.612. The van der Waals surface area contributed by atoms with Gasteiger partial charge in [0.05, 0.1) is 18.3 Å². The number of imidazole rings is 1. The molecule has 3 aromatic rings. The quantitative estimate of drug-likeness (QED) is 0.547. The molecule has 0 saturated heterocycles. The van der Waals surface area contributed by atoms with Crippen molar-refractivity contribution in [2.75, 3.05) is 11.6 Å². The zero-order valence-electron chi connectivity index (χ0n) is 18.3. The van der Waals surface area contributed by atoms with Gasteiger partial charge in [-0.1, -0.05) is 43.5 Å². The Morgan fingerprint density at radius 2 is 1.84 bits per heavy atom. The van der Waals surface area contributed by atoms with E-state index in [1.807, 2.05) is 35.6 Å². The Morgan fingerprint density at radius 1 is 1.13 bits per heavy atom. The normalized spacial score (nSPS) is 16.0. The van der Waals surface area contributed by atoms with Crippen LogP contribution in [0.4, 0.5) is 5.95 Å². The van der Waals surface area contributed by atoms with E-state index in [0.717, 1.165) is 30.5 Å². The van der Waals surface area contributed by atoms with Crippen molar-refractivity contribution in [3.8, 4) is 0 Å². The lowest BCUT2D eigenvalue weighted by molar-refractivity contribution is 0.608. The average molecular weight is 443 g/mol. The smallest absolute Gasteiger partial charge is 0.294 e. The summed E-state index contributed by atoms with van der Waals surface area (Å²) in [6.07, 6.45) is 3.17. The molecule has 0 bridgehead atoms. The molecule has 3 heterocycles. The molecule has 1 aliphatic rings. The van der Waals surface area contributed by atoms with Gasteiger partial charge in [0.1, 0.15) is 0 Å². The van der Waals surface area contributed by atoms with Gasteiger partial charge in [-0.3, -0.25) is 18.5 Å². The summed E-state index contributed by atoms with van der Waals surface area (Å²) in [4.78, 5) is 31.3. The number of hydrogen-bond acceptors (Lipinski definition) is 5. The molecule has 9 heteroatoms. The van der Waals surface area contributed by atoms with Crippen LogP contribution in [0.2, 0.25) is 5.02 Å². The van der Waals surface area contributed by atoms with Crippen molar-refractivity contribution >= 4 is 34.4 Å². The van der Waals surface area contributed by atoms with E-state index in [-0.39, 0.29) is 18.1 Å². The summed E-state index contributed by atoms with van der Waals surface area (Å²) in [6, 6.07) is 7.01. The molecule has 0 saturated carbocycles. The molecule has 0 aliphatic carbocycles. The van der Waals surface area contributed by atoms with Gasteiger partial charge >= 0.3 is 5.69 Å². The van der Waals surface area contributed by atoms with Gasteiger partial charge in [0.25, 0.3) is 5.56 Å². The lowest BCUT2D eigenvalue weighted by atomic mass is 10.2. The molecular weight excluding hydrogens is 416 g/mol. The van der Waals surface area contributed by atoms with Crippen molar-refractivity contribution in [3.63, 3.8) is 0 Å². The first-order valence-electron chi connectivity index (χ1n) is 10.6. The molecule has 0 amide bonds. The highest BCUT2D eigenvalue weighted by molar-refractivity contribution is 6.30. The van der Waals surface area contributed by atoms with Crippen LogP contribution in [-0.4, -0.2) is 30.9 Å². The van der Waals surface area contributed by atoms with Crippen LogP contribution >= 0.6 is 11.6 Å². The SMILES string of the molecule is CCCCCN1N=C(C)[C@@H](C)n2c1nc1c2c(=O)n(Cc2ccc(Cl)cc2)c(=O)n1C. The fourth-order valence-corrected chi connectivity index (χ4v) is 4.08. The summed E-state index contributed by atoms with van der Waals surface area (Å²) in [5.41, 5.74) is 1.80. The van der Waals surface area contributed by atoms with Crippen LogP contribution < -0.4 is 16.3 Å². The fourth-order valence-electron chi connectivity index (χ4n) is 3.96. The van der Waals surface area contributed by atoms with Crippen LogP contribution in [0.5, 0.6) is 0 Å². The number of hydrazone groups is 1. The van der Waals surface area contributed by atoms with Gasteiger partial charge in [0.2, 0.25) is 5.95 Å².